The average molecular weight is 414 g/mol. The van der Waals surface area contributed by atoms with Crippen LogP contribution < -0.4 is 4.74 Å². The number of hydrogen-bond acceptors (Lipinski definition) is 4. The Balaban J connectivity index is 1.43. The number of ether oxygens (including phenoxy) is 1. The maximum Gasteiger partial charge on any atom is 0.326 e. The Kier molecular flexibility index (Phi) is 8.59. The van der Waals surface area contributed by atoms with Crippen LogP contribution in [0.4, 0.5) is 0 Å². The highest BCUT2D eigenvalue weighted by atomic mass is 35.5. The van der Waals surface area contributed by atoms with Crippen LogP contribution in [0.2, 0.25) is 0 Å². The van der Waals surface area contributed by atoms with E-state index < -0.39 is 0 Å². The summed E-state index contributed by atoms with van der Waals surface area (Å²) in [5.41, 5.74) is 3.91. The third kappa shape index (κ3) is 7.56. The van der Waals surface area contributed by atoms with Crippen LogP contribution in [-0.2, 0) is 15.5 Å². The number of piperidine rings is 1. The molecule has 4 nitrogen and oxygen atoms in total. The maximum absolute atomic E-state index is 11.2. The van der Waals surface area contributed by atoms with E-state index in [2.05, 4.69) is 51.7 Å². The summed E-state index contributed by atoms with van der Waals surface area (Å²) in [4.78, 5) is 13.5. The van der Waals surface area contributed by atoms with E-state index in [9.17, 15) is 4.79 Å². The standard InChI is InChI=1S/C24H28ClNO3/c25-29-24(27)14-16-26-15-4-8-22(19-26)18-21-10-12-23(13-11-21)28-17-5-9-20-6-2-1-3-7-20/h1-3,6-7,10-13,18H,4-5,8-9,14-17,19H2/b22-18+. The van der Waals surface area contributed by atoms with Crippen molar-refractivity contribution in [1.82, 2.24) is 4.90 Å². The van der Waals surface area contributed by atoms with Gasteiger partial charge in [-0.1, -0.05) is 54.1 Å². The SMILES string of the molecule is O=C(CCN1CCC/C(=C\c2ccc(OCCCc3ccccc3)cc2)C1)OCl. The topological polar surface area (TPSA) is 38.8 Å². The summed E-state index contributed by atoms with van der Waals surface area (Å²) in [6, 6.07) is 18.8. The first kappa shape index (κ1) is 21.4. The second-order valence-corrected chi connectivity index (χ2v) is 7.54. The molecule has 1 aliphatic heterocycles. The molecule has 1 saturated heterocycles. The Bertz CT molecular complexity index is 790. The van der Waals surface area contributed by atoms with Gasteiger partial charge in [0.2, 0.25) is 0 Å². The molecular weight excluding hydrogens is 386 g/mol. The van der Waals surface area contributed by atoms with Crippen LogP contribution in [0.1, 0.15) is 36.8 Å². The second-order valence-electron chi connectivity index (χ2n) is 7.39. The molecule has 3 rings (SSSR count). The lowest BCUT2D eigenvalue weighted by molar-refractivity contribution is -0.134. The lowest BCUT2D eigenvalue weighted by Crippen LogP contribution is -2.33. The van der Waals surface area contributed by atoms with Gasteiger partial charge in [0.1, 0.15) is 17.6 Å². The van der Waals surface area contributed by atoms with E-state index in [0.717, 1.165) is 51.1 Å². The molecule has 0 saturated carbocycles. The fourth-order valence-electron chi connectivity index (χ4n) is 3.58. The van der Waals surface area contributed by atoms with Crippen LogP contribution in [0.25, 0.3) is 6.08 Å². The summed E-state index contributed by atoms with van der Waals surface area (Å²) in [5.74, 6) is 0.534. The molecule has 2 aromatic rings. The predicted octanol–water partition coefficient (Wildman–Crippen LogP) is 5.26. The first-order chi connectivity index (χ1) is 14.2. The molecule has 0 bridgehead atoms. The van der Waals surface area contributed by atoms with Gasteiger partial charge in [-0.25, -0.2) is 0 Å². The van der Waals surface area contributed by atoms with Gasteiger partial charge in [-0.05, 0) is 55.5 Å². The van der Waals surface area contributed by atoms with Gasteiger partial charge in [-0.2, -0.15) is 0 Å². The zero-order valence-corrected chi connectivity index (χ0v) is 17.4. The van der Waals surface area contributed by atoms with Crippen molar-refractivity contribution >= 4 is 23.9 Å². The molecule has 154 valence electrons. The predicted molar refractivity (Wildman–Crippen MR) is 117 cm³/mol. The third-order valence-electron chi connectivity index (χ3n) is 5.09. The van der Waals surface area contributed by atoms with Crippen LogP contribution in [0, 0.1) is 0 Å². The molecule has 0 aliphatic carbocycles. The second kappa shape index (κ2) is 11.6. The molecule has 0 radical (unpaired) electrons. The van der Waals surface area contributed by atoms with Crippen molar-refractivity contribution in [3.05, 3.63) is 71.3 Å². The minimum Gasteiger partial charge on any atom is -0.494 e. The quantitative estimate of drug-likeness (QED) is 0.525. The van der Waals surface area contributed by atoms with Crippen molar-refractivity contribution in [2.75, 3.05) is 26.2 Å². The molecule has 1 aliphatic rings. The van der Waals surface area contributed by atoms with E-state index >= 15 is 0 Å². The van der Waals surface area contributed by atoms with Crippen LogP contribution in [0.15, 0.2) is 60.2 Å². The number of rotatable bonds is 9. The Morgan fingerprint density at radius 3 is 2.66 bits per heavy atom. The molecular formula is C24H28ClNO3. The van der Waals surface area contributed by atoms with Gasteiger partial charge in [-0.15, -0.1) is 0 Å². The van der Waals surface area contributed by atoms with E-state index in [0.29, 0.717) is 13.0 Å². The molecule has 0 amide bonds. The minimum atomic E-state index is -0.373. The largest absolute Gasteiger partial charge is 0.494 e. The Labute approximate surface area is 178 Å². The molecule has 0 atom stereocenters. The molecule has 0 N–H and O–H groups in total. The smallest absolute Gasteiger partial charge is 0.326 e. The molecule has 0 unspecified atom stereocenters. The zero-order valence-electron chi connectivity index (χ0n) is 16.7. The number of carbonyl (C=O) groups excluding carboxylic acids is 1. The number of halogens is 1. The zero-order chi connectivity index (χ0) is 20.3. The Hall–Kier alpha value is -2.30. The fraction of sp³-hybridized carbons (Fsp3) is 0.375. The summed E-state index contributed by atoms with van der Waals surface area (Å²) in [6.45, 7) is 3.28. The summed E-state index contributed by atoms with van der Waals surface area (Å²) in [7, 11) is 0. The summed E-state index contributed by atoms with van der Waals surface area (Å²) in [6.07, 6.45) is 6.80. The Morgan fingerprint density at radius 2 is 1.90 bits per heavy atom. The van der Waals surface area contributed by atoms with Crippen molar-refractivity contribution in [3.63, 3.8) is 0 Å². The highest BCUT2D eigenvalue weighted by Gasteiger charge is 2.15. The van der Waals surface area contributed by atoms with Crippen LogP contribution in [-0.4, -0.2) is 37.1 Å². The summed E-state index contributed by atoms with van der Waals surface area (Å²) >= 11 is 5.10. The number of hydrogen-bond donors (Lipinski definition) is 0. The summed E-state index contributed by atoms with van der Waals surface area (Å²) < 4.78 is 10.1. The van der Waals surface area contributed by atoms with Gasteiger partial charge < -0.3 is 9.03 Å². The van der Waals surface area contributed by atoms with Crippen LogP contribution >= 0.6 is 11.9 Å². The Morgan fingerprint density at radius 1 is 1.10 bits per heavy atom. The number of nitrogens with zero attached hydrogens (tertiary/aromatic N) is 1. The number of likely N-dealkylation sites (tertiary alicyclic amines) is 1. The lowest BCUT2D eigenvalue weighted by Gasteiger charge is -2.28. The molecule has 0 aromatic heterocycles. The van der Waals surface area contributed by atoms with Gasteiger partial charge in [0.25, 0.3) is 0 Å². The van der Waals surface area contributed by atoms with Crippen molar-refractivity contribution < 1.29 is 13.8 Å². The minimum absolute atomic E-state index is 0.326. The number of aryl methyl sites for hydroxylation is 1. The lowest BCUT2D eigenvalue weighted by atomic mass is 10.0. The van der Waals surface area contributed by atoms with Crippen molar-refractivity contribution in [1.29, 1.82) is 0 Å². The number of carbonyl (C=O) groups is 1. The monoisotopic (exact) mass is 413 g/mol. The van der Waals surface area contributed by atoms with E-state index in [1.807, 2.05) is 18.2 Å². The van der Waals surface area contributed by atoms with Gasteiger partial charge in [-0.3, -0.25) is 9.69 Å². The van der Waals surface area contributed by atoms with Crippen molar-refractivity contribution in [2.24, 2.45) is 0 Å². The van der Waals surface area contributed by atoms with Crippen molar-refractivity contribution in [3.8, 4) is 5.75 Å². The number of benzene rings is 2. The highest BCUT2D eigenvalue weighted by Crippen LogP contribution is 2.21. The van der Waals surface area contributed by atoms with Gasteiger partial charge in [0, 0.05) is 13.1 Å². The first-order valence-electron chi connectivity index (χ1n) is 10.2. The normalized spacial score (nSPS) is 16.0. The first-order valence-corrected chi connectivity index (χ1v) is 10.5. The molecule has 29 heavy (non-hydrogen) atoms. The maximum atomic E-state index is 11.2. The fourth-order valence-corrected chi connectivity index (χ4v) is 3.66. The average Bonchev–Trinajstić information content (AvgIpc) is 2.77. The van der Waals surface area contributed by atoms with Crippen molar-refractivity contribution in [2.45, 2.75) is 32.1 Å². The van der Waals surface area contributed by atoms with E-state index in [-0.39, 0.29) is 5.97 Å². The molecule has 1 heterocycles. The third-order valence-corrected chi connectivity index (χ3v) is 5.26. The van der Waals surface area contributed by atoms with E-state index in [1.165, 1.54) is 16.7 Å². The van der Waals surface area contributed by atoms with E-state index in [4.69, 9.17) is 16.6 Å². The molecule has 2 aromatic carbocycles. The highest BCUT2D eigenvalue weighted by molar-refractivity contribution is 6.13. The van der Waals surface area contributed by atoms with Gasteiger partial charge in [0.15, 0.2) is 0 Å². The molecule has 5 heteroatoms. The molecule has 1 fully saturated rings. The summed E-state index contributed by atoms with van der Waals surface area (Å²) in [5, 5.41) is 0. The molecule has 0 spiro atoms. The van der Waals surface area contributed by atoms with E-state index in [1.54, 1.807) is 0 Å². The van der Waals surface area contributed by atoms with Gasteiger partial charge >= 0.3 is 5.97 Å². The van der Waals surface area contributed by atoms with Gasteiger partial charge in [0.05, 0.1) is 13.0 Å². The van der Waals surface area contributed by atoms with Crippen LogP contribution in [0.3, 0.4) is 0 Å². The van der Waals surface area contributed by atoms with Crippen LogP contribution in [0.5, 0.6) is 5.75 Å².